The maximum absolute atomic E-state index is 12.3. The molecular weight excluding hydrogens is 238 g/mol. The summed E-state index contributed by atoms with van der Waals surface area (Å²) in [4.78, 5) is 12.3. The van der Waals surface area contributed by atoms with E-state index in [1.165, 1.54) is 6.42 Å². The lowest BCUT2D eigenvalue weighted by atomic mass is 9.68. The fourth-order valence-corrected chi connectivity index (χ4v) is 3.92. The van der Waals surface area contributed by atoms with Crippen molar-refractivity contribution in [2.24, 2.45) is 11.3 Å². The van der Waals surface area contributed by atoms with Crippen LogP contribution >= 0.6 is 0 Å². The monoisotopic (exact) mass is 259 g/mol. The fourth-order valence-electron chi connectivity index (χ4n) is 3.92. The van der Waals surface area contributed by atoms with Crippen LogP contribution in [0.5, 0.6) is 5.75 Å². The van der Waals surface area contributed by atoms with Gasteiger partial charge in [-0.1, -0.05) is 32.9 Å². The van der Waals surface area contributed by atoms with Crippen molar-refractivity contribution in [2.45, 2.75) is 45.8 Å². The van der Waals surface area contributed by atoms with Crippen LogP contribution in [-0.2, 0) is 0 Å². The Morgan fingerprint density at radius 2 is 2.00 bits per heavy atom. The minimum absolute atomic E-state index is 0.00764. The first-order valence-electron chi connectivity index (χ1n) is 7.00. The molecule has 2 atom stereocenters. The van der Waals surface area contributed by atoms with Gasteiger partial charge in [-0.05, 0) is 29.9 Å². The summed E-state index contributed by atoms with van der Waals surface area (Å²) in [6.07, 6.45) is 2.93. The topological polar surface area (TPSA) is 38.3 Å². The highest BCUT2D eigenvalue weighted by Gasteiger charge is 2.48. The fraction of sp³-hybridized carbons (Fsp3) is 0.562. The van der Waals surface area contributed by atoms with Crippen LogP contribution in [0, 0.1) is 11.3 Å². The summed E-state index contributed by atoms with van der Waals surface area (Å²) in [6.45, 7) is 6.74. The zero-order valence-corrected chi connectivity index (χ0v) is 11.8. The molecule has 3 nitrogen and oxygen atoms in total. The number of hydrogen-bond donors (Lipinski definition) is 1. The zero-order chi connectivity index (χ0) is 13.7. The number of amides is 1. The number of para-hydroxylation sites is 1. The van der Waals surface area contributed by atoms with Crippen molar-refractivity contribution < 1.29 is 9.53 Å². The van der Waals surface area contributed by atoms with Gasteiger partial charge in [0.05, 0.1) is 5.56 Å². The molecule has 1 aromatic rings. The van der Waals surface area contributed by atoms with Crippen molar-refractivity contribution in [3.05, 3.63) is 29.8 Å². The zero-order valence-electron chi connectivity index (χ0n) is 11.8. The van der Waals surface area contributed by atoms with Crippen LogP contribution in [0.2, 0.25) is 0 Å². The third-order valence-electron chi connectivity index (χ3n) is 4.12. The molecule has 0 radical (unpaired) electrons. The Morgan fingerprint density at radius 3 is 2.74 bits per heavy atom. The molecule has 1 aliphatic heterocycles. The van der Waals surface area contributed by atoms with Crippen molar-refractivity contribution in [1.82, 2.24) is 5.32 Å². The van der Waals surface area contributed by atoms with E-state index in [0.29, 0.717) is 11.5 Å². The SMILES string of the molecule is C[C@H]1CC(C)(C)C[C@@]2(C1)NC(=O)c1ccccc1O2. The third kappa shape index (κ3) is 2.22. The first-order chi connectivity index (χ1) is 8.89. The molecule has 0 unspecified atom stereocenters. The van der Waals surface area contributed by atoms with Crippen LogP contribution in [0.15, 0.2) is 24.3 Å². The first-order valence-corrected chi connectivity index (χ1v) is 7.00. The minimum Gasteiger partial charge on any atom is -0.467 e. The van der Waals surface area contributed by atoms with E-state index in [4.69, 9.17) is 4.74 Å². The summed E-state index contributed by atoms with van der Waals surface area (Å²) in [5, 5.41) is 3.11. The van der Waals surface area contributed by atoms with Crippen molar-refractivity contribution in [1.29, 1.82) is 0 Å². The van der Waals surface area contributed by atoms with Gasteiger partial charge >= 0.3 is 0 Å². The van der Waals surface area contributed by atoms with E-state index in [-0.39, 0.29) is 11.3 Å². The average molecular weight is 259 g/mol. The predicted molar refractivity (Wildman–Crippen MR) is 74.1 cm³/mol. The van der Waals surface area contributed by atoms with Gasteiger partial charge in [-0.3, -0.25) is 4.79 Å². The molecule has 1 fully saturated rings. The number of carbonyl (C=O) groups excluding carboxylic acids is 1. The second-order valence-corrected chi connectivity index (χ2v) is 6.90. The van der Waals surface area contributed by atoms with E-state index < -0.39 is 5.72 Å². The second kappa shape index (κ2) is 3.99. The lowest BCUT2D eigenvalue weighted by Crippen LogP contribution is -2.60. The molecule has 0 saturated heterocycles. The van der Waals surface area contributed by atoms with Gasteiger partial charge in [0.1, 0.15) is 5.75 Å². The van der Waals surface area contributed by atoms with Gasteiger partial charge in [0, 0.05) is 12.8 Å². The highest BCUT2D eigenvalue weighted by molar-refractivity contribution is 5.98. The maximum Gasteiger partial charge on any atom is 0.258 e. The van der Waals surface area contributed by atoms with E-state index in [0.717, 1.165) is 18.6 Å². The van der Waals surface area contributed by atoms with Crippen molar-refractivity contribution in [2.75, 3.05) is 0 Å². The molecule has 2 aliphatic rings. The molecule has 102 valence electrons. The van der Waals surface area contributed by atoms with Gasteiger partial charge in [0.15, 0.2) is 5.72 Å². The summed E-state index contributed by atoms with van der Waals surface area (Å²) >= 11 is 0. The van der Waals surface area contributed by atoms with Crippen LogP contribution in [0.25, 0.3) is 0 Å². The quantitative estimate of drug-likeness (QED) is 0.776. The Bertz CT molecular complexity index is 523. The molecule has 1 N–H and O–H groups in total. The Balaban J connectivity index is 1.97. The molecule has 1 saturated carbocycles. The van der Waals surface area contributed by atoms with E-state index in [9.17, 15) is 4.79 Å². The molecule has 1 aliphatic carbocycles. The molecule has 3 heteroatoms. The summed E-state index contributed by atoms with van der Waals surface area (Å²) in [7, 11) is 0. The number of hydrogen-bond acceptors (Lipinski definition) is 2. The van der Waals surface area contributed by atoms with E-state index in [2.05, 4.69) is 26.1 Å². The predicted octanol–water partition coefficient (Wildman–Crippen LogP) is 3.35. The molecular formula is C16H21NO2. The Labute approximate surface area is 114 Å². The summed E-state index contributed by atoms with van der Waals surface area (Å²) in [5.74, 6) is 1.26. The Morgan fingerprint density at radius 1 is 1.26 bits per heavy atom. The summed E-state index contributed by atoms with van der Waals surface area (Å²) in [5.41, 5.74) is 0.313. The Kier molecular flexibility index (Phi) is 2.63. The van der Waals surface area contributed by atoms with Crippen LogP contribution in [0.1, 0.15) is 50.4 Å². The average Bonchev–Trinajstić information content (AvgIpc) is 2.25. The van der Waals surface area contributed by atoms with Crippen LogP contribution < -0.4 is 10.1 Å². The van der Waals surface area contributed by atoms with Gasteiger partial charge in [0.2, 0.25) is 0 Å². The van der Waals surface area contributed by atoms with Crippen LogP contribution in [0.4, 0.5) is 0 Å². The van der Waals surface area contributed by atoms with Crippen molar-refractivity contribution in [3.8, 4) is 5.75 Å². The Hall–Kier alpha value is -1.51. The summed E-state index contributed by atoms with van der Waals surface area (Å²) in [6, 6.07) is 7.49. The van der Waals surface area contributed by atoms with Crippen LogP contribution in [0.3, 0.4) is 0 Å². The molecule has 0 bridgehead atoms. The minimum atomic E-state index is -0.521. The van der Waals surface area contributed by atoms with Crippen molar-refractivity contribution >= 4 is 5.91 Å². The normalized spacial score (nSPS) is 32.4. The van der Waals surface area contributed by atoms with E-state index in [1.54, 1.807) is 0 Å². The lowest BCUT2D eigenvalue weighted by molar-refractivity contribution is -0.0618. The highest BCUT2D eigenvalue weighted by atomic mass is 16.5. The summed E-state index contributed by atoms with van der Waals surface area (Å²) < 4.78 is 6.20. The van der Waals surface area contributed by atoms with E-state index in [1.807, 2.05) is 24.3 Å². The standard InChI is InChI=1S/C16H21NO2/c1-11-8-15(2,3)10-16(9-11)17-14(18)12-6-4-5-7-13(12)19-16/h4-7,11H,8-10H2,1-3H3,(H,17,18)/t11-,16-/m0/s1. The lowest BCUT2D eigenvalue weighted by Gasteiger charge is -2.49. The van der Waals surface area contributed by atoms with Gasteiger partial charge in [-0.15, -0.1) is 0 Å². The van der Waals surface area contributed by atoms with Gasteiger partial charge in [0.25, 0.3) is 5.91 Å². The number of fused-ring (bicyclic) bond motifs is 1. The smallest absolute Gasteiger partial charge is 0.258 e. The molecule has 1 heterocycles. The molecule has 19 heavy (non-hydrogen) atoms. The number of carbonyl (C=O) groups is 1. The highest BCUT2D eigenvalue weighted by Crippen LogP contribution is 2.46. The molecule has 0 aromatic heterocycles. The van der Waals surface area contributed by atoms with Gasteiger partial charge in [-0.2, -0.15) is 0 Å². The molecule has 1 spiro atoms. The molecule has 1 amide bonds. The maximum atomic E-state index is 12.3. The molecule has 3 rings (SSSR count). The molecule has 1 aromatic carbocycles. The largest absolute Gasteiger partial charge is 0.467 e. The number of rotatable bonds is 0. The second-order valence-electron chi connectivity index (χ2n) is 6.90. The number of ether oxygens (including phenoxy) is 1. The number of nitrogens with one attached hydrogen (secondary N) is 1. The third-order valence-corrected chi connectivity index (χ3v) is 4.12. The van der Waals surface area contributed by atoms with Crippen molar-refractivity contribution in [3.63, 3.8) is 0 Å². The van der Waals surface area contributed by atoms with Crippen LogP contribution in [-0.4, -0.2) is 11.6 Å². The van der Waals surface area contributed by atoms with Gasteiger partial charge in [-0.25, -0.2) is 0 Å². The first kappa shape index (κ1) is 12.5. The number of benzene rings is 1. The van der Waals surface area contributed by atoms with E-state index >= 15 is 0 Å². The van der Waals surface area contributed by atoms with Gasteiger partial charge < -0.3 is 10.1 Å².